The average Bonchev–Trinajstić information content (AvgIpc) is 2.91. The highest BCUT2D eigenvalue weighted by molar-refractivity contribution is 7.90. The smallest absolute Gasteiger partial charge is 0.343 e. The van der Waals surface area contributed by atoms with Gasteiger partial charge in [-0.05, 0) is 42.8 Å². The van der Waals surface area contributed by atoms with E-state index in [1.807, 2.05) is 0 Å². The van der Waals surface area contributed by atoms with E-state index in [1.54, 1.807) is 19.1 Å². The quantitative estimate of drug-likeness (QED) is 0.612. The first kappa shape index (κ1) is 18.5. The van der Waals surface area contributed by atoms with Crippen LogP contribution in [0.4, 0.5) is 4.79 Å². The Balaban J connectivity index is 1.96. The first-order chi connectivity index (χ1) is 12.7. The summed E-state index contributed by atoms with van der Waals surface area (Å²) >= 11 is 0. The number of nitrogens with zero attached hydrogens (tertiary/aromatic N) is 1. The van der Waals surface area contributed by atoms with Crippen LogP contribution in [0.3, 0.4) is 0 Å². The molecule has 1 aliphatic heterocycles. The van der Waals surface area contributed by atoms with Gasteiger partial charge in [0.05, 0.1) is 12.0 Å². The summed E-state index contributed by atoms with van der Waals surface area (Å²) < 4.78 is 30.5. The lowest BCUT2D eigenvalue weighted by molar-refractivity contribution is -0.119. The molecule has 0 saturated carbocycles. The van der Waals surface area contributed by atoms with Crippen molar-refractivity contribution < 1.29 is 27.9 Å². The highest BCUT2D eigenvalue weighted by atomic mass is 32.2. The molecule has 0 unspecified atom stereocenters. The number of rotatable bonds is 4. The standard InChI is InChI=1S/C18H16N2O6S/c1-11-3-6-13(7-4-11)27(24,25)20-17(22)14(19-18(20)23)9-12-5-8-15(21)16(10-12)26-2/h3-10,21H,1-2H3,(H,19,23). The number of phenols is 1. The van der Waals surface area contributed by atoms with Gasteiger partial charge in [-0.3, -0.25) is 4.79 Å². The predicted molar refractivity (Wildman–Crippen MR) is 96.4 cm³/mol. The molecule has 1 aliphatic rings. The minimum Gasteiger partial charge on any atom is -0.504 e. The van der Waals surface area contributed by atoms with E-state index in [0.29, 0.717) is 5.56 Å². The number of methoxy groups -OCH3 is 1. The number of imide groups is 1. The van der Waals surface area contributed by atoms with Crippen LogP contribution in [0.25, 0.3) is 6.08 Å². The van der Waals surface area contributed by atoms with Gasteiger partial charge < -0.3 is 15.2 Å². The van der Waals surface area contributed by atoms with Crippen LogP contribution in [-0.4, -0.2) is 36.9 Å². The Morgan fingerprint density at radius 1 is 1.11 bits per heavy atom. The van der Waals surface area contributed by atoms with E-state index in [-0.39, 0.29) is 26.4 Å². The molecule has 27 heavy (non-hydrogen) atoms. The van der Waals surface area contributed by atoms with Gasteiger partial charge in [-0.15, -0.1) is 4.31 Å². The topological polar surface area (TPSA) is 113 Å². The molecule has 140 valence electrons. The number of aromatic hydroxyl groups is 1. The molecule has 0 aromatic heterocycles. The molecule has 2 N–H and O–H groups in total. The van der Waals surface area contributed by atoms with Crippen molar-refractivity contribution in [2.24, 2.45) is 0 Å². The van der Waals surface area contributed by atoms with Crippen molar-refractivity contribution in [1.82, 2.24) is 9.62 Å². The second-order valence-corrected chi connectivity index (χ2v) is 7.59. The van der Waals surface area contributed by atoms with Gasteiger partial charge in [0.25, 0.3) is 15.9 Å². The fraction of sp³-hybridized carbons (Fsp3) is 0.111. The summed E-state index contributed by atoms with van der Waals surface area (Å²) in [6.45, 7) is 1.79. The fourth-order valence-corrected chi connectivity index (χ4v) is 3.77. The zero-order valence-electron chi connectivity index (χ0n) is 14.5. The largest absolute Gasteiger partial charge is 0.504 e. The van der Waals surface area contributed by atoms with Gasteiger partial charge in [0.15, 0.2) is 11.5 Å². The van der Waals surface area contributed by atoms with Crippen molar-refractivity contribution in [3.05, 3.63) is 59.3 Å². The number of urea groups is 1. The maximum atomic E-state index is 12.7. The molecule has 3 amide bonds. The number of nitrogens with one attached hydrogen (secondary N) is 1. The van der Waals surface area contributed by atoms with Crippen LogP contribution in [0.1, 0.15) is 11.1 Å². The Morgan fingerprint density at radius 3 is 2.41 bits per heavy atom. The number of hydrogen-bond acceptors (Lipinski definition) is 6. The van der Waals surface area contributed by atoms with Crippen molar-refractivity contribution >= 4 is 28.0 Å². The van der Waals surface area contributed by atoms with Gasteiger partial charge in [-0.2, -0.15) is 0 Å². The third-order valence-corrected chi connectivity index (χ3v) is 5.60. The maximum absolute atomic E-state index is 12.7. The molecule has 1 saturated heterocycles. The monoisotopic (exact) mass is 388 g/mol. The van der Waals surface area contributed by atoms with E-state index in [0.717, 1.165) is 5.56 Å². The number of ether oxygens (including phenoxy) is 1. The maximum Gasteiger partial charge on any atom is 0.343 e. The van der Waals surface area contributed by atoms with E-state index in [9.17, 15) is 23.1 Å². The molecule has 0 atom stereocenters. The summed E-state index contributed by atoms with van der Waals surface area (Å²) in [7, 11) is -2.97. The molecule has 0 spiro atoms. The first-order valence-corrected chi connectivity index (χ1v) is 9.24. The van der Waals surface area contributed by atoms with E-state index >= 15 is 0 Å². The Hall–Kier alpha value is -3.33. The Kier molecular flexibility index (Phi) is 4.63. The van der Waals surface area contributed by atoms with E-state index in [1.165, 1.54) is 43.5 Å². The second-order valence-electron chi connectivity index (χ2n) is 5.81. The van der Waals surface area contributed by atoms with Crippen molar-refractivity contribution in [3.8, 4) is 11.5 Å². The number of hydrogen-bond donors (Lipinski definition) is 2. The zero-order chi connectivity index (χ0) is 19.8. The zero-order valence-corrected chi connectivity index (χ0v) is 15.3. The summed E-state index contributed by atoms with van der Waals surface area (Å²) in [4.78, 5) is 24.5. The molecule has 8 nitrogen and oxygen atoms in total. The van der Waals surface area contributed by atoms with Crippen LogP contribution < -0.4 is 10.1 Å². The minimum absolute atomic E-state index is 0.0926. The molecule has 2 aromatic carbocycles. The van der Waals surface area contributed by atoms with Crippen LogP contribution in [0, 0.1) is 6.92 Å². The number of sulfonamides is 1. The van der Waals surface area contributed by atoms with Gasteiger partial charge in [0.1, 0.15) is 5.70 Å². The van der Waals surface area contributed by atoms with Crippen molar-refractivity contribution in [2.75, 3.05) is 7.11 Å². The Morgan fingerprint density at radius 2 is 1.78 bits per heavy atom. The highest BCUT2D eigenvalue weighted by Gasteiger charge is 2.43. The number of carbonyl (C=O) groups is 2. The SMILES string of the molecule is COc1cc(C=C2NC(=O)N(S(=O)(=O)c3ccc(C)cc3)C2=O)ccc1O. The summed E-state index contributed by atoms with van der Waals surface area (Å²) in [5.74, 6) is -0.914. The van der Waals surface area contributed by atoms with Gasteiger partial charge in [-0.25, -0.2) is 13.2 Å². The van der Waals surface area contributed by atoms with E-state index in [4.69, 9.17) is 4.74 Å². The molecule has 1 heterocycles. The number of benzene rings is 2. The normalized spacial score (nSPS) is 15.9. The fourth-order valence-electron chi connectivity index (χ4n) is 2.50. The van der Waals surface area contributed by atoms with Gasteiger partial charge in [0, 0.05) is 0 Å². The lowest BCUT2D eigenvalue weighted by Crippen LogP contribution is -2.36. The van der Waals surface area contributed by atoms with Crippen LogP contribution in [0.15, 0.2) is 53.1 Å². The third kappa shape index (κ3) is 3.36. The first-order valence-electron chi connectivity index (χ1n) is 7.80. The van der Waals surface area contributed by atoms with Crippen molar-refractivity contribution in [3.63, 3.8) is 0 Å². The summed E-state index contributed by atoms with van der Waals surface area (Å²) in [6, 6.07) is 9.04. The number of aryl methyl sites for hydroxylation is 1. The van der Waals surface area contributed by atoms with Gasteiger partial charge >= 0.3 is 6.03 Å². The van der Waals surface area contributed by atoms with Gasteiger partial charge in [0.2, 0.25) is 0 Å². The molecule has 0 bridgehead atoms. The summed E-state index contributed by atoms with van der Waals surface area (Å²) in [5.41, 5.74) is 1.07. The molecular weight excluding hydrogens is 372 g/mol. The van der Waals surface area contributed by atoms with Crippen molar-refractivity contribution in [2.45, 2.75) is 11.8 Å². The number of carbonyl (C=O) groups excluding carboxylic acids is 2. The van der Waals surface area contributed by atoms with Crippen LogP contribution in [0.5, 0.6) is 11.5 Å². The molecular formula is C18H16N2O6S. The lowest BCUT2D eigenvalue weighted by Gasteiger charge is -2.12. The second kappa shape index (κ2) is 6.76. The highest BCUT2D eigenvalue weighted by Crippen LogP contribution is 2.28. The van der Waals surface area contributed by atoms with Crippen LogP contribution in [0.2, 0.25) is 0 Å². The van der Waals surface area contributed by atoms with Crippen molar-refractivity contribution in [1.29, 1.82) is 0 Å². The van der Waals surface area contributed by atoms with E-state index in [2.05, 4.69) is 5.32 Å². The number of amides is 3. The Labute approximate surface area is 155 Å². The molecule has 2 aromatic rings. The van der Waals surface area contributed by atoms with Gasteiger partial charge in [-0.1, -0.05) is 23.8 Å². The van der Waals surface area contributed by atoms with Crippen LogP contribution in [-0.2, 0) is 14.8 Å². The minimum atomic E-state index is -4.33. The molecule has 9 heteroatoms. The molecule has 1 fully saturated rings. The molecule has 0 radical (unpaired) electrons. The third-order valence-electron chi connectivity index (χ3n) is 3.91. The molecule has 3 rings (SSSR count). The Bertz CT molecular complexity index is 1060. The van der Waals surface area contributed by atoms with E-state index < -0.39 is 22.0 Å². The predicted octanol–water partition coefficient (Wildman–Crippen LogP) is 1.99. The number of phenolic OH excluding ortho intramolecular Hbond substituents is 1. The van der Waals surface area contributed by atoms with Crippen LogP contribution >= 0.6 is 0 Å². The average molecular weight is 388 g/mol. The lowest BCUT2D eigenvalue weighted by atomic mass is 10.1. The summed E-state index contributed by atoms with van der Waals surface area (Å²) in [5, 5.41) is 11.9. The summed E-state index contributed by atoms with van der Waals surface area (Å²) in [6.07, 6.45) is 1.30. The molecule has 0 aliphatic carbocycles.